The molecule has 0 spiro atoms. The van der Waals surface area contributed by atoms with Crippen molar-refractivity contribution in [2.24, 2.45) is 5.73 Å². The maximum absolute atomic E-state index is 12.2. The lowest BCUT2D eigenvalue weighted by Gasteiger charge is -2.34. The number of nitrogens with one attached hydrogen (secondary N) is 1. The molecule has 0 aliphatic carbocycles. The van der Waals surface area contributed by atoms with Crippen LogP contribution < -0.4 is 11.1 Å². The molecular formula is C29H47N5O11. The molecule has 16 heteroatoms. The van der Waals surface area contributed by atoms with Gasteiger partial charge < -0.3 is 36.6 Å². The zero-order valence-corrected chi connectivity index (χ0v) is 25.9. The number of nitrogens with two attached hydrogens (primary N) is 1. The fourth-order valence-electron chi connectivity index (χ4n) is 4.40. The Hall–Kier alpha value is -4.12. The molecule has 1 aromatic carbocycles. The number of carboxylic acid groups (broad SMARTS) is 5. The highest BCUT2D eigenvalue weighted by Gasteiger charge is 2.27. The van der Waals surface area contributed by atoms with E-state index in [0.717, 1.165) is 17.7 Å². The summed E-state index contributed by atoms with van der Waals surface area (Å²) in [6.45, 7) is 1.17. The van der Waals surface area contributed by atoms with Crippen LogP contribution in [0.4, 0.5) is 5.69 Å². The molecule has 0 saturated heterocycles. The minimum atomic E-state index is -1.30. The van der Waals surface area contributed by atoms with Gasteiger partial charge in [-0.05, 0) is 43.5 Å². The number of aliphatic carboxylic acids is 5. The van der Waals surface area contributed by atoms with Crippen LogP contribution in [0.15, 0.2) is 24.3 Å². The van der Waals surface area contributed by atoms with Crippen LogP contribution in [0.25, 0.3) is 0 Å². The van der Waals surface area contributed by atoms with E-state index in [9.17, 15) is 44.1 Å². The molecule has 16 nitrogen and oxygen atoms in total. The fourth-order valence-corrected chi connectivity index (χ4v) is 4.40. The van der Waals surface area contributed by atoms with Crippen LogP contribution >= 0.6 is 0 Å². The van der Waals surface area contributed by atoms with E-state index in [1.165, 1.54) is 9.80 Å². The second-order valence-corrected chi connectivity index (χ2v) is 10.0. The van der Waals surface area contributed by atoms with E-state index in [-0.39, 0.29) is 32.0 Å². The second-order valence-electron chi connectivity index (χ2n) is 10.0. The van der Waals surface area contributed by atoms with Gasteiger partial charge in [-0.1, -0.05) is 32.4 Å². The van der Waals surface area contributed by atoms with Gasteiger partial charge in [-0.15, -0.1) is 0 Å². The van der Waals surface area contributed by atoms with E-state index in [4.69, 9.17) is 15.9 Å². The van der Waals surface area contributed by atoms with Crippen molar-refractivity contribution >= 4 is 41.4 Å². The van der Waals surface area contributed by atoms with Crippen molar-refractivity contribution in [3.8, 4) is 0 Å². The van der Waals surface area contributed by atoms with Gasteiger partial charge in [-0.2, -0.15) is 0 Å². The number of unbranched alkanes of at least 4 members (excludes halogenated alkanes) is 2. The summed E-state index contributed by atoms with van der Waals surface area (Å²) in [6, 6.07) is 5.84. The van der Waals surface area contributed by atoms with Gasteiger partial charge in [0.05, 0.1) is 32.7 Å². The zero-order chi connectivity index (χ0) is 34.4. The summed E-state index contributed by atoms with van der Waals surface area (Å²) in [5.41, 5.74) is 6.64. The van der Waals surface area contributed by atoms with Crippen LogP contribution in [0, 0.1) is 0 Å². The van der Waals surface area contributed by atoms with Gasteiger partial charge in [0.1, 0.15) is 0 Å². The Morgan fingerprint density at radius 1 is 0.689 bits per heavy atom. The van der Waals surface area contributed by atoms with Crippen molar-refractivity contribution in [2.75, 3.05) is 64.2 Å². The van der Waals surface area contributed by atoms with Gasteiger partial charge in [0.25, 0.3) is 0 Å². The van der Waals surface area contributed by atoms with Crippen LogP contribution in [-0.2, 0) is 35.2 Å². The van der Waals surface area contributed by atoms with Crippen LogP contribution in [0.2, 0.25) is 0 Å². The first-order chi connectivity index (χ1) is 21.3. The summed E-state index contributed by atoms with van der Waals surface area (Å²) in [6.07, 6.45) is 2.81. The molecule has 0 aliphatic rings. The summed E-state index contributed by atoms with van der Waals surface area (Å²) in [5.74, 6) is -6.55. The highest BCUT2D eigenvalue weighted by atomic mass is 16.4. The molecular weight excluding hydrogens is 594 g/mol. The molecule has 0 aromatic heterocycles. The molecule has 1 rings (SSSR count). The van der Waals surface area contributed by atoms with Crippen LogP contribution in [0.1, 0.15) is 45.1 Å². The average molecular weight is 642 g/mol. The van der Waals surface area contributed by atoms with E-state index in [1.54, 1.807) is 24.3 Å². The van der Waals surface area contributed by atoms with Crippen molar-refractivity contribution < 1.29 is 54.3 Å². The Morgan fingerprint density at radius 2 is 1.16 bits per heavy atom. The summed E-state index contributed by atoms with van der Waals surface area (Å²) < 4.78 is 0. The highest BCUT2D eigenvalue weighted by molar-refractivity contribution is 5.90. The molecule has 254 valence electrons. The first-order valence-corrected chi connectivity index (χ1v) is 14.7. The Morgan fingerprint density at radius 3 is 1.62 bits per heavy atom. The first kappa shape index (κ1) is 40.9. The third-order valence-corrected chi connectivity index (χ3v) is 6.29. The maximum atomic E-state index is 12.2. The number of carboxylic acids is 5. The quantitative estimate of drug-likeness (QED) is 0.0755. The monoisotopic (exact) mass is 641 g/mol. The van der Waals surface area contributed by atoms with Gasteiger partial charge in [0.2, 0.25) is 5.91 Å². The zero-order valence-electron chi connectivity index (χ0n) is 25.9. The van der Waals surface area contributed by atoms with Crippen LogP contribution in [0.3, 0.4) is 0 Å². The minimum Gasteiger partial charge on any atom is -0.480 e. The van der Waals surface area contributed by atoms with E-state index in [2.05, 4.69) is 5.32 Å². The SMILES string of the molecule is CC.NCCCCCC(=O)Nc1ccc(CC(CN(CCN(CC(=O)O)CC(=O)O)CC(=O)O)N(CC(=O)O)CC(=O)O)cc1. The van der Waals surface area contributed by atoms with Crippen molar-refractivity contribution in [1.29, 1.82) is 0 Å². The van der Waals surface area contributed by atoms with Gasteiger partial charge in [0.15, 0.2) is 0 Å². The van der Waals surface area contributed by atoms with Crippen molar-refractivity contribution in [1.82, 2.24) is 14.7 Å². The van der Waals surface area contributed by atoms with Crippen LogP contribution in [0.5, 0.6) is 0 Å². The predicted molar refractivity (Wildman–Crippen MR) is 164 cm³/mol. The Bertz CT molecular complexity index is 1050. The molecule has 1 unspecified atom stereocenters. The lowest BCUT2D eigenvalue weighted by atomic mass is 10.0. The number of hydrogen-bond acceptors (Lipinski definition) is 10. The number of hydrogen-bond donors (Lipinski definition) is 7. The molecule has 1 amide bonds. The Balaban J connectivity index is 0.00000947. The molecule has 0 aliphatic heterocycles. The normalized spacial score (nSPS) is 11.5. The molecule has 8 N–H and O–H groups in total. The minimum absolute atomic E-state index is 0.0897. The average Bonchev–Trinajstić information content (AvgIpc) is 2.94. The third-order valence-electron chi connectivity index (χ3n) is 6.29. The molecule has 0 heterocycles. The van der Waals surface area contributed by atoms with Gasteiger partial charge >= 0.3 is 29.8 Å². The second kappa shape index (κ2) is 23.3. The van der Waals surface area contributed by atoms with E-state index < -0.39 is 68.6 Å². The Kier molecular flexibility index (Phi) is 21.2. The number of carbonyl (C=O) groups excluding carboxylic acids is 1. The van der Waals surface area contributed by atoms with E-state index >= 15 is 0 Å². The summed E-state index contributed by atoms with van der Waals surface area (Å²) in [5, 5.41) is 49.3. The third kappa shape index (κ3) is 20.5. The predicted octanol–water partition coefficient (Wildman–Crippen LogP) is 0.411. The lowest BCUT2D eigenvalue weighted by Crippen LogP contribution is -2.51. The standard InChI is InChI=1S/C27H41N5O11.C2H6/c28-9-3-1-2-4-22(33)29-20-7-5-19(6-8-20)12-21(32(17-26(40)41)18-27(42)43)13-30(14-23(34)35)10-11-31(15-24(36)37)16-25(38)39;1-2/h5-8,21H,1-4,9-18,28H2,(H,29,33)(H,34,35)(H,36,37)(H,38,39)(H,40,41)(H,42,43);1-2H3. The molecule has 0 saturated carbocycles. The molecule has 0 bridgehead atoms. The molecule has 45 heavy (non-hydrogen) atoms. The topological polar surface area (TPSA) is 251 Å². The fraction of sp³-hybridized carbons (Fsp3) is 0.586. The summed E-state index contributed by atoms with van der Waals surface area (Å²) >= 11 is 0. The molecule has 1 atom stereocenters. The number of amides is 1. The van der Waals surface area contributed by atoms with Gasteiger partial charge in [0, 0.05) is 37.8 Å². The van der Waals surface area contributed by atoms with E-state index in [1.807, 2.05) is 13.8 Å². The van der Waals surface area contributed by atoms with Crippen LogP contribution in [-0.4, -0.2) is 141 Å². The summed E-state index contributed by atoms with van der Waals surface area (Å²) in [7, 11) is 0. The molecule has 0 fully saturated rings. The van der Waals surface area contributed by atoms with E-state index in [0.29, 0.717) is 30.6 Å². The molecule has 1 aromatic rings. The van der Waals surface area contributed by atoms with Crippen molar-refractivity contribution in [3.05, 3.63) is 29.8 Å². The van der Waals surface area contributed by atoms with Crippen molar-refractivity contribution in [3.63, 3.8) is 0 Å². The van der Waals surface area contributed by atoms with Crippen molar-refractivity contribution in [2.45, 2.75) is 52.0 Å². The highest BCUT2D eigenvalue weighted by Crippen LogP contribution is 2.16. The number of rotatable bonds is 24. The molecule has 0 radical (unpaired) electrons. The number of anilines is 1. The van der Waals surface area contributed by atoms with Gasteiger partial charge in [-0.25, -0.2) is 0 Å². The number of carbonyl (C=O) groups is 6. The number of benzene rings is 1. The largest absolute Gasteiger partial charge is 0.480 e. The number of nitrogens with zero attached hydrogens (tertiary/aromatic N) is 3. The summed E-state index contributed by atoms with van der Waals surface area (Å²) in [4.78, 5) is 72.9. The maximum Gasteiger partial charge on any atom is 0.317 e. The smallest absolute Gasteiger partial charge is 0.317 e. The first-order valence-electron chi connectivity index (χ1n) is 14.7. The lowest BCUT2D eigenvalue weighted by molar-refractivity contribution is -0.144. The van der Waals surface area contributed by atoms with Gasteiger partial charge in [-0.3, -0.25) is 43.5 Å². The Labute approximate surface area is 262 Å².